The van der Waals surface area contributed by atoms with Crippen molar-refractivity contribution in [2.75, 3.05) is 6.54 Å². The van der Waals surface area contributed by atoms with Crippen LogP contribution in [0.15, 0.2) is 33.9 Å². The van der Waals surface area contributed by atoms with Gasteiger partial charge in [-0.15, -0.1) is 0 Å². The van der Waals surface area contributed by atoms with Gasteiger partial charge >= 0.3 is 6.09 Å². The number of ether oxygens (including phenoxy) is 1. The molecule has 1 heterocycles. The smallest absolute Gasteiger partial charge is 0.407 e. The van der Waals surface area contributed by atoms with Crippen LogP contribution < -0.4 is 16.4 Å². The maximum absolute atomic E-state index is 12.5. The molecule has 1 amide bonds. The lowest BCUT2D eigenvalue weighted by Crippen LogP contribution is -2.38. The average Bonchev–Trinajstić information content (AvgIpc) is 2.50. The molecule has 1 N–H and O–H groups in total. The summed E-state index contributed by atoms with van der Waals surface area (Å²) < 4.78 is 7.85. The van der Waals surface area contributed by atoms with E-state index in [9.17, 15) is 14.4 Å². The lowest BCUT2D eigenvalue weighted by Gasteiger charge is -2.19. The number of alkyl carbamates (subject to hydrolysis) is 1. The number of benzene rings is 1. The fraction of sp³-hybridized carbons (Fsp3) is 0.471. The zero-order chi connectivity index (χ0) is 17.9. The largest absolute Gasteiger partial charge is 0.444 e. The van der Waals surface area contributed by atoms with E-state index in [0.717, 1.165) is 0 Å². The quantitative estimate of drug-likeness (QED) is 0.862. The number of hydrogen-bond donors (Lipinski definition) is 1. The fourth-order valence-electron chi connectivity index (χ4n) is 2.40. The van der Waals surface area contributed by atoms with E-state index in [1.807, 2.05) is 0 Å². The maximum atomic E-state index is 12.5. The van der Waals surface area contributed by atoms with E-state index < -0.39 is 11.7 Å². The zero-order valence-electron chi connectivity index (χ0n) is 14.5. The Morgan fingerprint density at radius 2 is 1.71 bits per heavy atom. The van der Waals surface area contributed by atoms with Crippen molar-refractivity contribution in [2.24, 2.45) is 7.05 Å². The van der Waals surface area contributed by atoms with Gasteiger partial charge in [0, 0.05) is 20.1 Å². The summed E-state index contributed by atoms with van der Waals surface area (Å²) in [4.78, 5) is 36.4. The Labute approximate surface area is 139 Å². The van der Waals surface area contributed by atoms with E-state index in [2.05, 4.69) is 5.32 Å². The minimum absolute atomic E-state index is 0.217. The number of carbonyl (C=O) groups excluding carboxylic acids is 1. The van der Waals surface area contributed by atoms with E-state index in [-0.39, 0.29) is 11.1 Å². The van der Waals surface area contributed by atoms with Crippen LogP contribution in [0.4, 0.5) is 4.79 Å². The van der Waals surface area contributed by atoms with Crippen LogP contribution in [0.3, 0.4) is 0 Å². The minimum Gasteiger partial charge on any atom is -0.444 e. The van der Waals surface area contributed by atoms with Gasteiger partial charge in [0.2, 0.25) is 0 Å². The second kappa shape index (κ2) is 6.90. The zero-order valence-corrected chi connectivity index (χ0v) is 14.5. The highest BCUT2D eigenvalue weighted by Gasteiger charge is 2.15. The van der Waals surface area contributed by atoms with Crippen molar-refractivity contribution in [3.8, 4) is 0 Å². The first kappa shape index (κ1) is 17.8. The Morgan fingerprint density at radius 3 is 2.29 bits per heavy atom. The van der Waals surface area contributed by atoms with Gasteiger partial charge in [0.1, 0.15) is 5.60 Å². The second-order valence-electron chi connectivity index (χ2n) is 6.58. The highest BCUT2D eigenvalue weighted by atomic mass is 16.6. The fourth-order valence-corrected chi connectivity index (χ4v) is 2.40. The first-order chi connectivity index (χ1) is 11.2. The molecule has 2 aromatic rings. The van der Waals surface area contributed by atoms with Crippen LogP contribution in [-0.4, -0.2) is 27.6 Å². The molecule has 24 heavy (non-hydrogen) atoms. The maximum Gasteiger partial charge on any atom is 0.407 e. The lowest BCUT2D eigenvalue weighted by atomic mass is 10.2. The number of nitrogens with one attached hydrogen (secondary N) is 1. The predicted octanol–water partition coefficient (Wildman–Crippen LogP) is 1.61. The third-order valence-corrected chi connectivity index (χ3v) is 3.49. The van der Waals surface area contributed by atoms with Gasteiger partial charge in [0.05, 0.1) is 10.8 Å². The topological polar surface area (TPSA) is 82.3 Å². The number of carbonyl (C=O) groups is 1. The van der Waals surface area contributed by atoms with Crippen molar-refractivity contribution in [2.45, 2.75) is 39.3 Å². The van der Waals surface area contributed by atoms with Gasteiger partial charge in [0.25, 0.3) is 11.1 Å². The van der Waals surface area contributed by atoms with Crippen molar-refractivity contribution in [1.82, 2.24) is 14.7 Å². The van der Waals surface area contributed by atoms with E-state index in [4.69, 9.17) is 4.74 Å². The summed E-state index contributed by atoms with van der Waals surface area (Å²) >= 11 is 0. The third kappa shape index (κ3) is 4.04. The molecule has 0 aliphatic heterocycles. The first-order valence-electron chi connectivity index (χ1n) is 7.86. The molecule has 1 aromatic heterocycles. The number of nitrogens with zero attached hydrogens (tertiary/aromatic N) is 2. The molecule has 0 aliphatic carbocycles. The Hall–Kier alpha value is -2.57. The number of amides is 1. The number of rotatable bonds is 4. The Morgan fingerprint density at radius 1 is 1.12 bits per heavy atom. The van der Waals surface area contributed by atoms with Crippen molar-refractivity contribution >= 4 is 16.9 Å². The monoisotopic (exact) mass is 333 g/mol. The molecular weight excluding hydrogens is 310 g/mol. The first-order valence-corrected chi connectivity index (χ1v) is 7.86. The molecule has 1 aromatic carbocycles. The molecule has 2 rings (SSSR count). The van der Waals surface area contributed by atoms with Gasteiger partial charge in [-0.05, 0) is 39.3 Å². The standard InChI is InChI=1S/C17H23N3O4/c1-17(2,3)24-16(23)18-10-7-11-20-15(22)13-9-6-5-8-12(13)14(21)19(20)4/h5-6,8-9H,7,10-11H2,1-4H3,(H,18,23). The van der Waals surface area contributed by atoms with Crippen LogP contribution in [0.5, 0.6) is 0 Å². The van der Waals surface area contributed by atoms with Crippen LogP contribution in [-0.2, 0) is 18.3 Å². The van der Waals surface area contributed by atoms with E-state index in [1.165, 1.54) is 9.36 Å². The van der Waals surface area contributed by atoms with Gasteiger partial charge in [-0.25, -0.2) is 9.48 Å². The van der Waals surface area contributed by atoms with E-state index in [1.54, 1.807) is 52.1 Å². The van der Waals surface area contributed by atoms with E-state index in [0.29, 0.717) is 30.3 Å². The van der Waals surface area contributed by atoms with Gasteiger partial charge in [-0.3, -0.25) is 14.3 Å². The number of fused-ring (bicyclic) bond motifs is 1. The molecule has 7 heteroatoms. The minimum atomic E-state index is -0.552. The summed E-state index contributed by atoms with van der Waals surface area (Å²) in [5.74, 6) is 0. The normalized spacial score (nSPS) is 11.5. The van der Waals surface area contributed by atoms with Gasteiger partial charge in [-0.2, -0.15) is 0 Å². The van der Waals surface area contributed by atoms with Crippen LogP contribution in [0.2, 0.25) is 0 Å². The molecule has 0 aliphatic rings. The number of aromatic nitrogens is 2. The summed E-state index contributed by atoms with van der Waals surface area (Å²) in [6, 6.07) is 6.76. The molecule has 130 valence electrons. The van der Waals surface area contributed by atoms with Crippen molar-refractivity contribution in [3.63, 3.8) is 0 Å². The number of hydrogen-bond acceptors (Lipinski definition) is 4. The molecular formula is C17H23N3O4. The third-order valence-electron chi connectivity index (χ3n) is 3.49. The van der Waals surface area contributed by atoms with Crippen molar-refractivity contribution in [1.29, 1.82) is 0 Å². The summed E-state index contributed by atoms with van der Waals surface area (Å²) in [7, 11) is 1.57. The molecule has 0 atom stereocenters. The molecule has 0 saturated carbocycles. The predicted molar refractivity (Wildman–Crippen MR) is 92.3 cm³/mol. The molecule has 0 fully saturated rings. The van der Waals surface area contributed by atoms with Gasteiger partial charge in [0.15, 0.2) is 0 Å². The molecule has 0 bridgehead atoms. The van der Waals surface area contributed by atoms with Crippen LogP contribution in [0.25, 0.3) is 10.8 Å². The highest BCUT2D eigenvalue weighted by molar-refractivity contribution is 5.80. The van der Waals surface area contributed by atoms with Crippen LogP contribution in [0, 0.1) is 0 Å². The Kier molecular flexibility index (Phi) is 5.11. The van der Waals surface area contributed by atoms with Gasteiger partial charge < -0.3 is 10.1 Å². The molecule has 0 spiro atoms. The highest BCUT2D eigenvalue weighted by Crippen LogP contribution is 2.06. The second-order valence-corrected chi connectivity index (χ2v) is 6.58. The van der Waals surface area contributed by atoms with Crippen LogP contribution >= 0.6 is 0 Å². The summed E-state index contributed by atoms with van der Waals surface area (Å²) in [5, 5.41) is 3.45. The Balaban J connectivity index is 2.08. The SMILES string of the molecule is Cn1c(=O)c2ccccc2c(=O)n1CCCNC(=O)OC(C)(C)C. The molecule has 0 saturated heterocycles. The summed E-state index contributed by atoms with van der Waals surface area (Å²) in [6.45, 7) is 6.04. The lowest BCUT2D eigenvalue weighted by molar-refractivity contribution is 0.0526. The summed E-state index contributed by atoms with van der Waals surface area (Å²) in [5.41, 5.74) is -0.987. The van der Waals surface area contributed by atoms with Gasteiger partial charge in [-0.1, -0.05) is 12.1 Å². The molecule has 0 unspecified atom stereocenters. The van der Waals surface area contributed by atoms with E-state index >= 15 is 0 Å². The molecule has 0 radical (unpaired) electrons. The van der Waals surface area contributed by atoms with Crippen molar-refractivity contribution in [3.05, 3.63) is 45.0 Å². The average molecular weight is 333 g/mol. The summed E-state index contributed by atoms with van der Waals surface area (Å²) in [6.07, 6.45) is 0.00681. The Bertz CT molecular complexity index is 859. The molecule has 7 nitrogen and oxygen atoms in total. The van der Waals surface area contributed by atoms with Crippen molar-refractivity contribution < 1.29 is 9.53 Å². The van der Waals surface area contributed by atoms with Crippen LogP contribution in [0.1, 0.15) is 27.2 Å².